The highest BCUT2D eigenvalue weighted by molar-refractivity contribution is 5.79. The quantitative estimate of drug-likeness (QED) is 0.565. The first-order chi connectivity index (χ1) is 15.2. The Kier molecular flexibility index (Phi) is 9.31. The third-order valence-corrected chi connectivity index (χ3v) is 4.52. The average molecular weight is 444 g/mol. The summed E-state index contributed by atoms with van der Waals surface area (Å²) in [6.07, 6.45) is 3.80. The molecule has 0 saturated carbocycles. The molecule has 1 N–H and O–H groups in total. The third kappa shape index (κ3) is 8.45. The number of pyridine rings is 1. The van der Waals surface area contributed by atoms with Crippen molar-refractivity contribution in [1.82, 2.24) is 15.2 Å². The monoisotopic (exact) mass is 443 g/mol. The van der Waals surface area contributed by atoms with Gasteiger partial charge in [-0.15, -0.1) is 0 Å². The van der Waals surface area contributed by atoms with Crippen molar-refractivity contribution in [3.8, 4) is 11.5 Å². The van der Waals surface area contributed by atoms with Crippen LogP contribution in [0.5, 0.6) is 11.5 Å². The molecule has 0 aliphatic heterocycles. The van der Waals surface area contributed by atoms with E-state index in [-0.39, 0.29) is 12.3 Å². The van der Waals surface area contributed by atoms with E-state index in [2.05, 4.69) is 10.3 Å². The van der Waals surface area contributed by atoms with Crippen molar-refractivity contribution in [2.45, 2.75) is 45.8 Å². The Hall–Kier alpha value is -3.29. The standard InChI is InChI=1S/C24H33N3O5/c1-24(2,3)32-23(29)27(17-18-8-6-11-25-16-18)13-7-12-26-22(28)14-19-9-10-20(30-4)15-21(19)31-5/h6,8-11,15-16H,7,12-14,17H2,1-5H3,(H,26,28). The molecule has 0 saturated heterocycles. The fourth-order valence-electron chi connectivity index (χ4n) is 3.00. The van der Waals surface area contributed by atoms with Gasteiger partial charge >= 0.3 is 6.09 Å². The maximum absolute atomic E-state index is 12.6. The van der Waals surface area contributed by atoms with Crippen molar-refractivity contribution < 1.29 is 23.8 Å². The number of hydrogen-bond donors (Lipinski definition) is 1. The second kappa shape index (κ2) is 11.9. The van der Waals surface area contributed by atoms with Crippen LogP contribution in [0.2, 0.25) is 0 Å². The molecule has 2 aromatic rings. The van der Waals surface area contributed by atoms with Crippen LogP contribution < -0.4 is 14.8 Å². The normalized spacial score (nSPS) is 10.9. The zero-order valence-electron chi connectivity index (χ0n) is 19.5. The fourth-order valence-corrected chi connectivity index (χ4v) is 3.00. The third-order valence-electron chi connectivity index (χ3n) is 4.52. The maximum atomic E-state index is 12.6. The minimum atomic E-state index is -0.587. The predicted molar refractivity (Wildman–Crippen MR) is 122 cm³/mol. The van der Waals surface area contributed by atoms with Gasteiger partial charge in [-0.25, -0.2) is 4.79 Å². The lowest BCUT2D eigenvalue weighted by atomic mass is 10.1. The summed E-state index contributed by atoms with van der Waals surface area (Å²) in [6, 6.07) is 9.10. The Bertz CT molecular complexity index is 881. The first-order valence-electron chi connectivity index (χ1n) is 10.6. The fraction of sp³-hybridized carbons (Fsp3) is 0.458. The van der Waals surface area contributed by atoms with E-state index < -0.39 is 11.7 Å². The summed E-state index contributed by atoms with van der Waals surface area (Å²) in [5.74, 6) is 1.15. The first-order valence-corrected chi connectivity index (χ1v) is 10.6. The number of ether oxygens (including phenoxy) is 3. The lowest BCUT2D eigenvalue weighted by Crippen LogP contribution is -2.38. The number of nitrogens with one attached hydrogen (secondary N) is 1. The minimum absolute atomic E-state index is 0.121. The summed E-state index contributed by atoms with van der Waals surface area (Å²) in [5, 5.41) is 2.90. The van der Waals surface area contributed by atoms with Crippen LogP contribution in [0.1, 0.15) is 38.3 Å². The van der Waals surface area contributed by atoms with Crippen LogP contribution in [0.3, 0.4) is 0 Å². The van der Waals surface area contributed by atoms with Crippen LogP contribution in [0.15, 0.2) is 42.7 Å². The van der Waals surface area contributed by atoms with E-state index in [1.54, 1.807) is 43.6 Å². The van der Waals surface area contributed by atoms with Crippen LogP contribution in [0.4, 0.5) is 4.79 Å². The lowest BCUT2D eigenvalue weighted by Gasteiger charge is -2.27. The molecule has 0 unspecified atom stereocenters. The summed E-state index contributed by atoms with van der Waals surface area (Å²) in [5.41, 5.74) is 1.10. The van der Waals surface area contributed by atoms with E-state index >= 15 is 0 Å². The SMILES string of the molecule is COc1ccc(CC(=O)NCCCN(Cc2cccnc2)C(=O)OC(C)(C)C)c(OC)c1. The predicted octanol–water partition coefficient (Wildman–Crippen LogP) is 3.58. The number of hydrogen-bond acceptors (Lipinski definition) is 6. The van der Waals surface area contributed by atoms with Gasteiger partial charge in [0.25, 0.3) is 0 Å². The molecule has 1 heterocycles. The molecular formula is C24H33N3O5. The molecule has 8 nitrogen and oxygen atoms in total. The Morgan fingerprint density at radius 3 is 2.53 bits per heavy atom. The molecule has 0 aliphatic rings. The molecule has 8 heteroatoms. The van der Waals surface area contributed by atoms with Crippen molar-refractivity contribution in [3.63, 3.8) is 0 Å². The van der Waals surface area contributed by atoms with Crippen LogP contribution in [0, 0.1) is 0 Å². The number of methoxy groups -OCH3 is 2. The Labute approximate surface area is 189 Å². The molecule has 1 aromatic carbocycles. The summed E-state index contributed by atoms with van der Waals surface area (Å²) in [6.45, 7) is 6.77. The number of aromatic nitrogens is 1. The number of carbonyl (C=O) groups excluding carboxylic acids is 2. The minimum Gasteiger partial charge on any atom is -0.497 e. The Morgan fingerprint density at radius 2 is 1.91 bits per heavy atom. The lowest BCUT2D eigenvalue weighted by molar-refractivity contribution is -0.120. The van der Waals surface area contributed by atoms with Gasteiger partial charge in [0.05, 0.1) is 27.2 Å². The van der Waals surface area contributed by atoms with Gasteiger partial charge < -0.3 is 24.4 Å². The zero-order valence-corrected chi connectivity index (χ0v) is 19.5. The number of rotatable bonds is 10. The van der Waals surface area contributed by atoms with Crippen molar-refractivity contribution >= 4 is 12.0 Å². The van der Waals surface area contributed by atoms with Gasteiger partial charge in [-0.2, -0.15) is 0 Å². The van der Waals surface area contributed by atoms with E-state index in [1.165, 1.54) is 0 Å². The van der Waals surface area contributed by atoms with E-state index in [1.807, 2.05) is 39.0 Å². The smallest absolute Gasteiger partial charge is 0.410 e. The van der Waals surface area contributed by atoms with E-state index in [0.717, 1.165) is 11.1 Å². The molecule has 0 bridgehead atoms. The van der Waals surface area contributed by atoms with Crippen molar-refractivity contribution in [2.24, 2.45) is 0 Å². The zero-order chi connectivity index (χ0) is 23.6. The van der Waals surface area contributed by atoms with Crippen LogP contribution >= 0.6 is 0 Å². The van der Waals surface area contributed by atoms with E-state index in [0.29, 0.717) is 37.6 Å². The summed E-state index contributed by atoms with van der Waals surface area (Å²) < 4.78 is 16.1. The van der Waals surface area contributed by atoms with Gasteiger partial charge in [-0.3, -0.25) is 9.78 Å². The van der Waals surface area contributed by atoms with Gasteiger partial charge in [0.15, 0.2) is 0 Å². The van der Waals surface area contributed by atoms with Gasteiger partial charge in [-0.1, -0.05) is 12.1 Å². The van der Waals surface area contributed by atoms with Crippen molar-refractivity contribution in [3.05, 3.63) is 53.9 Å². The van der Waals surface area contributed by atoms with Crippen LogP contribution in [-0.2, 0) is 22.5 Å². The summed E-state index contributed by atoms with van der Waals surface area (Å²) >= 11 is 0. The number of nitrogens with zero attached hydrogens (tertiary/aromatic N) is 2. The number of benzene rings is 1. The van der Waals surface area contributed by atoms with E-state index in [9.17, 15) is 9.59 Å². The molecular weight excluding hydrogens is 410 g/mol. The van der Waals surface area contributed by atoms with Crippen LogP contribution in [0.25, 0.3) is 0 Å². The van der Waals surface area contributed by atoms with Crippen LogP contribution in [-0.4, -0.2) is 54.8 Å². The largest absolute Gasteiger partial charge is 0.497 e. The van der Waals surface area contributed by atoms with Gasteiger partial charge in [0.2, 0.25) is 5.91 Å². The molecule has 174 valence electrons. The first kappa shape index (κ1) is 25.0. The van der Waals surface area contributed by atoms with Crippen molar-refractivity contribution in [1.29, 1.82) is 0 Å². The molecule has 0 atom stereocenters. The molecule has 0 spiro atoms. The summed E-state index contributed by atoms with van der Waals surface area (Å²) in [4.78, 5) is 30.7. The molecule has 2 rings (SSSR count). The number of amides is 2. The molecule has 32 heavy (non-hydrogen) atoms. The van der Waals surface area contributed by atoms with Crippen molar-refractivity contribution in [2.75, 3.05) is 27.3 Å². The second-order valence-corrected chi connectivity index (χ2v) is 8.32. The highest BCUT2D eigenvalue weighted by Crippen LogP contribution is 2.24. The Morgan fingerprint density at radius 1 is 1.12 bits per heavy atom. The van der Waals surface area contributed by atoms with Gasteiger partial charge in [0.1, 0.15) is 17.1 Å². The van der Waals surface area contributed by atoms with Gasteiger partial charge in [0, 0.05) is 37.1 Å². The molecule has 1 aromatic heterocycles. The second-order valence-electron chi connectivity index (χ2n) is 8.32. The molecule has 2 amide bonds. The molecule has 0 aliphatic carbocycles. The average Bonchev–Trinajstić information content (AvgIpc) is 2.75. The van der Waals surface area contributed by atoms with E-state index in [4.69, 9.17) is 14.2 Å². The highest BCUT2D eigenvalue weighted by Gasteiger charge is 2.22. The highest BCUT2D eigenvalue weighted by atomic mass is 16.6. The summed E-state index contributed by atoms with van der Waals surface area (Å²) in [7, 11) is 3.14. The molecule has 0 radical (unpaired) electrons. The van der Waals surface area contributed by atoms with Gasteiger partial charge in [-0.05, 0) is 44.9 Å². The Balaban J connectivity index is 1.88. The number of carbonyl (C=O) groups is 2. The maximum Gasteiger partial charge on any atom is 0.410 e. The molecule has 0 fully saturated rings. The topological polar surface area (TPSA) is 90.0 Å².